The van der Waals surface area contributed by atoms with E-state index in [1.54, 1.807) is 18.2 Å². The van der Waals surface area contributed by atoms with E-state index in [1.165, 1.54) is 12.1 Å². The summed E-state index contributed by atoms with van der Waals surface area (Å²) < 4.78 is 11.9. The summed E-state index contributed by atoms with van der Waals surface area (Å²) in [6.45, 7) is 0. The van der Waals surface area contributed by atoms with Crippen LogP contribution in [0.3, 0.4) is 0 Å². The summed E-state index contributed by atoms with van der Waals surface area (Å²) in [5.74, 6) is 0.208. The molecule has 2 aromatic carbocycles. The molecule has 1 spiro atoms. The normalized spacial score (nSPS) is 16.7. The zero-order valence-electron chi connectivity index (χ0n) is 13.7. The fraction of sp³-hybridized carbons (Fsp3) is 0.278. The van der Waals surface area contributed by atoms with Gasteiger partial charge in [-0.25, -0.2) is 0 Å². The Morgan fingerprint density at radius 3 is 2.58 bits per heavy atom. The molecule has 1 saturated carbocycles. The minimum absolute atomic E-state index is 0.0171. The number of carbonyl (C=O) groups excluding carboxylic acids is 1. The van der Waals surface area contributed by atoms with Crippen molar-refractivity contribution in [3.63, 3.8) is 0 Å². The lowest BCUT2D eigenvalue weighted by atomic mass is 10.2. The Hall–Kier alpha value is -2.80. The Morgan fingerprint density at radius 2 is 1.85 bits per heavy atom. The average Bonchev–Trinajstić information content (AvgIpc) is 3.20. The monoisotopic (exact) mass is 374 g/mol. The molecule has 0 radical (unpaired) electrons. The smallest absolute Gasteiger partial charge is 0.288 e. The van der Waals surface area contributed by atoms with Crippen LogP contribution in [0.1, 0.15) is 36.0 Å². The zero-order chi connectivity index (χ0) is 18.3. The van der Waals surface area contributed by atoms with E-state index in [1.807, 2.05) is 0 Å². The molecule has 0 bridgehead atoms. The second-order valence-electron chi connectivity index (χ2n) is 6.36. The first kappa shape index (κ1) is 16.7. The summed E-state index contributed by atoms with van der Waals surface area (Å²) >= 11 is 5.78. The van der Waals surface area contributed by atoms with Crippen molar-refractivity contribution in [2.24, 2.45) is 0 Å². The van der Waals surface area contributed by atoms with Crippen molar-refractivity contribution in [3.8, 4) is 11.5 Å². The molecular weight excluding hydrogens is 360 g/mol. The Morgan fingerprint density at radius 1 is 1.12 bits per heavy atom. The molecule has 0 saturated heterocycles. The lowest BCUT2D eigenvalue weighted by Crippen LogP contribution is -2.34. The van der Waals surface area contributed by atoms with Gasteiger partial charge in [0.2, 0.25) is 0 Å². The Bertz CT molecular complexity index is 908. The minimum atomic E-state index is -0.624. The predicted molar refractivity (Wildman–Crippen MR) is 95.0 cm³/mol. The number of ether oxygens (including phenoxy) is 2. The highest BCUT2D eigenvalue weighted by molar-refractivity contribution is 6.32. The molecule has 1 amide bonds. The number of hydrogen-bond acceptors (Lipinski definition) is 5. The quantitative estimate of drug-likeness (QED) is 0.629. The van der Waals surface area contributed by atoms with Crippen molar-refractivity contribution >= 4 is 28.9 Å². The third-order valence-electron chi connectivity index (χ3n) is 4.56. The number of nitrogens with zero attached hydrogens (tertiary/aromatic N) is 1. The number of benzene rings is 2. The van der Waals surface area contributed by atoms with Gasteiger partial charge in [-0.3, -0.25) is 14.9 Å². The number of anilines is 1. The maximum Gasteiger partial charge on any atom is 0.288 e. The number of carbonyl (C=O) groups is 1. The third-order valence-corrected chi connectivity index (χ3v) is 4.88. The van der Waals surface area contributed by atoms with Gasteiger partial charge in [0.25, 0.3) is 17.4 Å². The van der Waals surface area contributed by atoms with E-state index in [-0.39, 0.29) is 16.3 Å². The van der Waals surface area contributed by atoms with Crippen LogP contribution in [0.5, 0.6) is 11.5 Å². The number of nitro groups is 1. The number of halogens is 1. The van der Waals surface area contributed by atoms with E-state index < -0.39 is 16.6 Å². The molecule has 2 aliphatic rings. The van der Waals surface area contributed by atoms with Crippen molar-refractivity contribution in [1.29, 1.82) is 0 Å². The first-order valence-corrected chi connectivity index (χ1v) is 8.61. The SMILES string of the molecule is O=C(Nc1ccc2c(c1)OC1(CCCC1)O2)c1ccc(Cl)c([N+](=O)[O-])c1. The molecule has 0 aromatic heterocycles. The number of rotatable bonds is 3. The van der Waals surface area contributed by atoms with Crippen molar-refractivity contribution in [2.45, 2.75) is 31.5 Å². The lowest BCUT2D eigenvalue weighted by molar-refractivity contribution is -0.384. The first-order valence-electron chi connectivity index (χ1n) is 8.23. The Labute approximate surface area is 154 Å². The molecule has 4 rings (SSSR count). The van der Waals surface area contributed by atoms with E-state index in [0.717, 1.165) is 31.7 Å². The summed E-state index contributed by atoms with van der Waals surface area (Å²) in [7, 11) is 0. The fourth-order valence-corrected chi connectivity index (χ4v) is 3.47. The Balaban J connectivity index is 1.53. The van der Waals surface area contributed by atoms with Crippen molar-refractivity contribution in [1.82, 2.24) is 0 Å². The number of amides is 1. The summed E-state index contributed by atoms with van der Waals surface area (Å²) in [6.07, 6.45) is 3.81. The summed E-state index contributed by atoms with van der Waals surface area (Å²) in [5, 5.41) is 13.7. The van der Waals surface area contributed by atoms with Gasteiger partial charge in [0.15, 0.2) is 11.5 Å². The number of fused-ring (bicyclic) bond motifs is 1. The van der Waals surface area contributed by atoms with Gasteiger partial charge in [0, 0.05) is 36.2 Å². The zero-order valence-corrected chi connectivity index (χ0v) is 14.4. The van der Waals surface area contributed by atoms with Crippen molar-refractivity contribution < 1.29 is 19.2 Å². The molecular formula is C18H15ClN2O5. The van der Waals surface area contributed by atoms with Crippen LogP contribution < -0.4 is 14.8 Å². The van der Waals surface area contributed by atoms with Gasteiger partial charge in [0.1, 0.15) is 5.02 Å². The number of nitro benzene ring substituents is 1. The maximum atomic E-state index is 12.4. The number of hydrogen-bond donors (Lipinski definition) is 1. The van der Waals surface area contributed by atoms with Gasteiger partial charge >= 0.3 is 0 Å². The highest BCUT2D eigenvalue weighted by Crippen LogP contribution is 2.47. The second kappa shape index (κ2) is 6.17. The van der Waals surface area contributed by atoms with Gasteiger partial charge in [0.05, 0.1) is 4.92 Å². The molecule has 0 atom stereocenters. The third kappa shape index (κ3) is 2.94. The molecule has 1 aliphatic heterocycles. The van der Waals surface area contributed by atoms with Gasteiger partial charge in [-0.2, -0.15) is 0 Å². The Kier molecular flexibility index (Phi) is 3.96. The predicted octanol–water partition coefficient (Wildman–Crippen LogP) is 4.54. The van der Waals surface area contributed by atoms with E-state index in [2.05, 4.69) is 5.32 Å². The molecule has 1 fully saturated rings. The van der Waals surface area contributed by atoms with Crippen LogP contribution in [0, 0.1) is 10.1 Å². The van der Waals surface area contributed by atoms with E-state index in [4.69, 9.17) is 21.1 Å². The molecule has 8 heteroatoms. The topological polar surface area (TPSA) is 90.7 Å². The summed E-state index contributed by atoms with van der Waals surface area (Å²) in [5.41, 5.74) is 0.351. The minimum Gasteiger partial charge on any atom is -0.448 e. The summed E-state index contributed by atoms with van der Waals surface area (Å²) in [6, 6.07) is 9.08. The molecule has 134 valence electrons. The number of nitrogens with one attached hydrogen (secondary N) is 1. The molecule has 26 heavy (non-hydrogen) atoms. The van der Waals surface area contributed by atoms with Crippen LogP contribution >= 0.6 is 11.6 Å². The van der Waals surface area contributed by atoms with Crippen LogP contribution in [0.15, 0.2) is 36.4 Å². The van der Waals surface area contributed by atoms with E-state index in [9.17, 15) is 14.9 Å². The van der Waals surface area contributed by atoms with Gasteiger partial charge in [-0.15, -0.1) is 0 Å². The van der Waals surface area contributed by atoms with Gasteiger partial charge < -0.3 is 14.8 Å². The summed E-state index contributed by atoms with van der Waals surface area (Å²) in [4.78, 5) is 22.7. The second-order valence-corrected chi connectivity index (χ2v) is 6.77. The molecule has 2 aromatic rings. The van der Waals surface area contributed by atoms with E-state index >= 15 is 0 Å². The molecule has 1 heterocycles. The highest BCUT2D eigenvalue weighted by Gasteiger charge is 2.44. The molecule has 7 nitrogen and oxygen atoms in total. The van der Waals surface area contributed by atoms with Gasteiger partial charge in [-0.1, -0.05) is 11.6 Å². The van der Waals surface area contributed by atoms with Crippen LogP contribution in [0.4, 0.5) is 11.4 Å². The lowest BCUT2D eigenvalue weighted by Gasteiger charge is -2.21. The van der Waals surface area contributed by atoms with Crippen LogP contribution in [-0.2, 0) is 0 Å². The highest BCUT2D eigenvalue weighted by atomic mass is 35.5. The van der Waals surface area contributed by atoms with Crippen LogP contribution in [0.2, 0.25) is 5.02 Å². The average molecular weight is 375 g/mol. The molecule has 1 aliphatic carbocycles. The van der Waals surface area contributed by atoms with Gasteiger partial charge in [-0.05, 0) is 37.1 Å². The largest absolute Gasteiger partial charge is 0.448 e. The van der Waals surface area contributed by atoms with Crippen LogP contribution in [0.25, 0.3) is 0 Å². The van der Waals surface area contributed by atoms with Crippen molar-refractivity contribution in [2.75, 3.05) is 5.32 Å². The molecule has 1 N–H and O–H groups in total. The van der Waals surface area contributed by atoms with E-state index in [0.29, 0.717) is 17.2 Å². The first-order chi connectivity index (χ1) is 12.5. The fourth-order valence-electron chi connectivity index (χ4n) is 3.29. The van der Waals surface area contributed by atoms with Crippen LogP contribution in [-0.4, -0.2) is 16.6 Å². The molecule has 0 unspecified atom stereocenters. The standard InChI is InChI=1S/C18H15ClN2O5/c19-13-5-3-11(9-14(13)21(23)24)17(22)20-12-4-6-15-16(10-12)26-18(25-15)7-1-2-8-18/h3-6,9-10H,1-2,7-8H2,(H,20,22). The maximum absolute atomic E-state index is 12.4. The van der Waals surface area contributed by atoms with Crippen molar-refractivity contribution in [3.05, 3.63) is 57.1 Å².